The summed E-state index contributed by atoms with van der Waals surface area (Å²) in [5, 5.41) is 0. The summed E-state index contributed by atoms with van der Waals surface area (Å²) in [5.41, 5.74) is 0. The highest BCUT2D eigenvalue weighted by Gasteiger charge is 2.19. The van der Waals surface area contributed by atoms with E-state index < -0.39 is 6.10 Å². The van der Waals surface area contributed by atoms with Gasteiger partial charge in [-0.25, -0.2) is 0 Å². The van der Waals surface area contributed by atoms with Crippen molar-refractivity contribution in [1.82, 2.24) is 0 Å². The van der Waals surface area contributed by atoms with Crippen molar-refractivity contribution in [3.8, 4) is 0 Å². The van der Waals surface area contributed by atoms with E-state index in [9.17, 15) is 14.4 Å². The molecular formula is C72H136O6. The van der Waals surface area contributed by atoms with Gasteiger partial charge in [0, 0.05) is 19.3 Å². The Hall–Kier alpha value is -2.11. The fourth-order valence-electron chi connectivity index (χ4n) is 10.9. The second-order valence-corrected chi connectivity index (χ2v) is 24.2. The molecule has 0 aliphatic rings. The number of hydrogen-bond donors (Lipinski definition) is 0. The number of esters is 3. The molecular weight excluding hydrogens is 961 g/mol. The third-order valence-electron chi connectivity index (χ3n) is 16.2. The minimum Gasteiger partial charge on any atom is -0.462 e. The van der Waals surface area contributed by atoms with Gasteiger partial charge in [-0.3, -0.25) is 14.4 Å². The summed E-state index contributed by atoms with van der Waals surface area (Å²) in [7, 11) is 0. The zero-order valence-electron chi connectivity index (χ0n) is 53.0. The Balaban J connectivity index is 3.97. The zero-order valence-corrected chi connectivity index (χ0v) is 53.0. The maximum Gasteiger partial charge on any atom is 0.306 e. The largest absolute Gasteiger partial charge is 0.462 e. The summed E-state index contributed by atoms with van der Waals surface area (Å²) in [6.45, 7) is 6.69. The molecule has 0 N–H and O–H groups in total. The van der Waals surface area contributed by atoms with Gasteiger partial charge in [-0.05, 0) is 51.4 Å². The van der Waals surface area contributed by atoms with Gasteiger partial charge in [0.1, 0.15) is 13.2 Å². The van der Waals surface area contributed by atoms with Crippen molar-refractivity contribution in [3.05, 3.63) is 24.3 Å². The molecule has 6 nitrogen and oxygen atoms in total. The van der Waals surface area contributed by atoms with E-state index in [1.165, 1.54) is 295 Å². The van der Waals surface area contributed by atoms with Crippen LogP contribution in [0.15, 0.2) is 24.3 Å². The highest BCUT2D eigenvalue weighted by molar-refractivity contribution is 5.71. The average molecular weight is 1100 g/mol. The molecule has 0 rings (SSSR count). The third-order valence-corrected chi connectivity index (χ3v) is 16.2. The van der Waals surface area contributed by atoms with E-state index in [1.807, 2.05) is 0 Å². The van der Waals surface area contributed by atoms with Crippen LogP contribution in [0.1, 0.15) is 400 Å². The maximum absolute atomic E-state index is 12.9. The predicted molar refractivity (Wildman–Crippen MR) is 340 cm³/mol. The SMILES string of the molecule is CCCCCCC/C=C\C/C=C\CCCCCCCCCCCCCCCCCCCCCCCCCC(=O)OCC(COC(=O)CCCCCCCCCCCC)OC(=O)CCCCCCCCCCCCCCCCC. The van der Waals surface area contributed by atoms with E-state index in [2.05, 4.69) is 45.1 Å². The van der Waals surface area contributed by atoms with Crippen LogP contribution in [0.2, 0.25) is 0 Å². The Kier molecular flexibility index (Phi) is 65.6. The topological polar surface area (TPSA) is 78.9 Å². The van der Waals surface area contributed by atoms with Crippen LogP contribution in [0.4, 0.5) is 0 Å². The first-order chi connectivity index (χ1) is 38.5. The fourth-order valence-corrected chi connectivity index (χ4v) is 10.9. The predicted octanol–water partition coefficient (Wildman–Crippen LogP) is 24.2. The van der Waals surface area contributed by atoms with Gasteiger partial charge in [0.2, 0.25) is 0 Å². The van der Waals surface area contributed by atoms with E-state index in [0.29, 0.717) is 19.3 Å². The molecule has 0 saturated carbocycles. The molecule has 0 heterocycles. The van der Waals surface area contributed by atoms with Crippen molar-refractivity contribution in [3.63, 3.8) is 0 Å². The molecule has 0 aliphatic heterocycles. The van der Waals surface area contributed by atoms with Crippen LogP contribution in [0.25, 0.3) is 0 Å². The molecule has 0 aromatic rings. The summed E-state index contributed by atoms with van der Waals surface area (Å²) in [6.07, 6.45) is 82.3. The quantitative estimate of drug-likeness (QED) is 0.0261. The summed E-state index contributed by atoms with van der Waals surface area (Å²) >= 11 is 0. The van der Waals surface area contributed by atoms with Gasteiger partial charge in [0.05, 0.1) is 0 Å². The van der Waals surface area contributed by atoms with Crippen molar-refractivity contribution >= 4 is 17.9 Å². The summed E-state index contributed by atoms with van der Waals surface area (Å²) in [4.78, 5) is 38.2. The van der Waals surface area contributed by atoms with Crippen molar-refractivity contribution in [2.75, 3.05) is 13.2 Å². The van der Waals surface area contributed by atoms with Crippen LogP contribution in [-0.2, 0) is 28.6 Å². The molecule has 0 spiro atoms. The lowest BCUT2D eigenvalue weighted by Gasteiger charge is -2.18. The minimum absolute atomic E-state index is 0.0630. The number of ether oxygens (including phenoxy) is 3. The molecule has 0 amide bonds. The third kappa shape index (κ3) is 64.7. The Labute approximate surface area is 487 Å². The molecule has 0 aromatic heterocycles. The van der Waals surface area contributed by atoms with Crippen LogP contribution < -0.4 is 0 Å². The van der Waals surface area contributed by atoms with E-state index in [0.717, 1.165) is 64.2 Å². The smallest absolute Gasteiger partial charge is 0.306 e. The number of allylic oxidation sites excluding steroid dienone is 4. The molecule has 78 heavy (non-hydrogen) atoms. The van der Waals surface area contributed by atoms with Gasteiger partial charge in [0.15, 0.2) is 6.10 Å². The summed E-state index contributed by atoms with van der Waals surface area (Å²) in [6, 6.07) is 0. The fraction of sp³-hybridized carbons (Fsp3) is 0.903. The lowest BCUT2D eigenvalue weighted by molar-refractivity contribution is -0.167. The molecule has 0 saturated heterocycles. The Morgan fingerprint density at radius 2 is 0.462 bits per heavy atom. The first-order valence-electron chi connectivity index (χ1n) is 35.3. The van der Waals surface area contributed by atoms with Gasteiger partial charge in [-0.15, -0.1) is 0 Å². The molecule has 0 bridgehead atoms. The maximum atomic E-state index is 12.9. The van der Waals surface area contributed by atoms with Gasteiger partial charge in [-0.2, -0.15) is 0 Å². The summed E-state index contributed by atoms with van der Waals surface area (Å²) < 4.78 is 16.9. The van der Waals surface area contributed by atoms with Gasteiger partial charge in [0.25, 0.3) is 0 Å². The van der Waals surface area contributed by atoms with Gasteiger partial charge < -0.3 is 14.2 Å². The molecule has 1 unspecified atom stereocenters. The number of rotatable bonds is 66. The van der Waals surface area contributed by atoms with Crippen LogP contribution in [0.3, 0.4) is 0 Å². The molecule has 0 fully saturated rings. The average Bonchev–Trinajstić information content (AvgIpc) is 3.44. The van der Waals surface area contributed by atoms with E-state index in [4.69, 9.17) is 14.2 Å². The highest BCUT2D eigenvalue weighted by atomic mass is 16.6. The number of carbonyl (C=O) groups is 3. The molecule has 6 heteroatoms. The molecule has 0 aromatic carbocycles. The monoisotopic (exact) mass is 1100 g/mol. The Morgan fingerprint density at radius 1 is 0.256 bits per heavy atom. The number of unbranched alkanes of at least 4 members (excludes halogenated alkanes) is 51. The Morgan fingerprint density at radius 3 is 0.705 bits per heavy atom. The van der Waals surface area contributed by atoms with Crippen molar-refractivity contribution in [1.29, 1.82) is 0 Å². The first-order valence-corrected chi connectivity index (χ1v) is 35.3. The standard InChI is InChI=1S/C72H136O6/c1-4-7-10-13-16-19-22-24-26-27-28-29-30-31-32-33-34-35-36-37-38-39-40-41-42-43-44-45-47-48-50-53-56-59-62-65-71(74)77-68-69(67-76-70(73)64-61-58-55-52-21-18-15-12-9-6-3)78-72(75)66-63-60-57-54-51-49-46-25-23-20-17-14-11-8-5-2/h22,24,27-28,69H,4-21,23,25-26,29-68H2,1-3H3/b24-22-,28-27-. The zero-order chi connectivity index (χ0) is 56.4. The second kappa shape index (κ2) is 67.4. The lowest BCUT2D eigenvalue weighted by atomic mass is 10.0. The van der Waals surface area contributed by atoms with Crippen molar-refractivity contribution in [2.24, 2.45) is 0 Å². The van der Waals surface area contributed by atoms with Gasteiger partial charge in [-0.1, -0.05) is 353 Å². The number of carbonyl (C=O) groups excluding carboxylic acids is 3. The number of hydrogen-bond acceptors (Lipinski definition) is 6. The van der Waals surface area contributed by atoms with Crippen molar-refractivity contribution in [2.45, 2.75) is 406 Å². The molecule has 0 radical (unpaired) electrons. The second-order valence-electron chi connectivity index (χ2n) is 24.2. The van der Waals surface area contributed by atoms with Crippen LogP contribution >= 0.6 is 0 Å². The van der Waals surface area contributed by atoms with Crippen LogP contribution in [0, 0.1) is 0 Å². The first kappa shape index (κ1) is 75.9. The highest BCUT2D eigenvalue weighted by Crippen LogP contribution is 2.19. The van der Waals surface area contributed by atoms with Crippen LogP contribution in [-0.4, -0.2) is 37.2 Å². The minimum atomic E-state index is -0.764. The summed E-state index contributed by atoms with van der Waals surface area (Å²) in [5.74, 6) is -0.834. The molecule has 460 valence electrons. The van der Waals surface area contributed by atoms with Crippen LogP contribution in [0.5, 0.6) is 0 Å². The molecule has 1 atom stereocenters. The van der Waals surface area contributed by atoms with E-state index >= 15 is 0 Å². The van der Waals surface area contributed by atoms with E-state index in [1.54, 1.807) is 0 Å². The lowest BCUT2D eigenvalue weighted by Crippen LogP contribution is -2.30. The molecule has 0 aliphatic carbocycles. The Bertz CT molecular complexity index is 1260. The normalized spacial score (nSPS) is 12.1. The van der Waals surface area contributed by atoms with E-state index in [-0.39, 0.29) is 31.1 Å². The van der Waals surface area contributed by atoms with Crippen molar-refractivity contribution < 1.29 is 28.6 Å². The van der Waals surface area contributed by atoms with Gasteiger partial charge >= 0.3 is 17.9 Å².